The minimum atomic E-state index is -5.08. The van der Waals surface area contributed by atoms with Crippen LogP contribution in [-0.4, -0.2) is 52.4 Å². The van der Waals surface area contributed by atoms with Gasteiger partial charge in [0.2, 0.25) is 5.76 Å². The van der Waals surface area contributed by atoms with Gasteiger partial charge in [0, 0.05) is 36.6 Å². The summed E-state index contributed by atoms with van der Waals surface area (Å²) in [6.45, 7) is 1.74. The lowest BCUT2D eigenvalue weighted by atomic mass is 10.2. The zero-order valence-electron chi connectivity index (χ0n) is 13.3. The Labute approximate surface area is 145 Å². The minimum absolute atomic E-state index is 0.168. The first-order valence-electron chi connectivity index (χ1n) is 7.46. The summed E-state index contributed by atoms with van der Waals surface area (Å²) in [7, 11) is 0. The molecule has 0 aromatic carbocycles. The van der Waals surface area contributed by atoms with E-state index >= 15 is 0 Å². The Kier molecular flexibility index (Phi) is 6.28. The third kappa shape index (κ3) is 5.55. The van der Waals surface area contributed by atoms with E-state index in [-0.39, 0.29) is 17.7 Å². The fourth-order valence-electron chi connectivity index (χ4n) is 2.08. The number of pyridine rings is 1. The maximum Gasteiger partial charge on any atom is 0.490 e. The average molecular weight is 372 g/mol. The minimum Gasteiger partial charge on any atom is -0.475 e. The van der Waals surface area contributed by atoms with Gasteiger partial charge in [-0.05, 0) is 25.1 Å². The van der Waals surface area contributed by atoms with Gasteiger partial charge in [0.05, 0.1) is 0 Å². The quantitative estimate of drug-likeness (QED) is 0.747. The van der Waals surface area contributed by atoms with Crippen LogP contribution in [0.3, 0.4) is 0 Å². The second kappa shape index (κ2) is 8.43. The molecule has 0 saturated carbocycles. The monoisotopic (exact) mass is 372 g/mol. The van der Waals surface area contributed by atoms with Gasteiger partial charge >= 0.3 is 12.1 Å². The van der Waals surface area contributed by atoms with Crippen molar-refractivity contribution in [1.82, 2.24) is 20.8 Å². The van der Waals surface area contributed by atoms with Crippen LogP contribution in [0.4, 0.5) is 13.2 Å². The van der Waals surface area contributed by atoms with Crippen LogP contribution in [0.25, 0.3) is 11.3 Å². The molecule has 1 saturated heterocycles. The number of hydrogen-bond donors (Lipinski definition) is 3. The van der Waals surface area contributed by atoms with Crippen molar-refractivity contribution in [2.45, 2.75) is 18.6 Å². The van der Waals surface area contributed by atoms with Crippen LogP contribution in [0, 0.1) is 0 Å². The van der Waals surface area contributed by atoms with Crippen molar-refractivity contribution in [2.75, 3.05) is 13.1 Å². The molecule has 3 rings (SSSR count). The van der Waals surface area contributed by atoms with Gasteiger partial charge in [-0.25, -0.2) is 4.79 Å². The van der Waals surface area contributed by atoms with E-state index in [1.165, 1.54) is 0 Å². The van der Waals surface area contributed by atoms with E-state index in [9.17, 15) is 18.0 Å². The highest BCUT2D eigenvalue weighted by molar-refractivity contribution is 5.92. The van der Waals surface area contributed by atoms with Gasteiger partial charge in [0.25, 0.3) is 5.91 Å². The molecular weight excluding hydrogens is 357 g/mol. The number of amides is 1. The number of carbonyl (C=O) groups is 2. The zero-order chi connectivity index (χ0) is 19.2. The molecule has 3 N–H and O–H groups in total. The van der Waals surface area contributed by atoms with Crippen molar-refractivity contribution in [2.24, 2.45) is 0 Å². The Balaban J connectivity index is 0.000000298. The first-order valence-corrected chi connectivity index (χ1v) is 7.46. The summed E-state index contributed by atoms with van der Waals surface area (Å²) in [6.07, 6.45) is -0.793. The Morgan fingerprint density at radius 1 is 1.31 bits per heavy atom. The highest BCUT2D eigenvalue weighted by atomic mass is 19.4. The van der Waals surface area contributed by atoms with Crippen molar-refractivity contribution in [3.63, 3.8) is 0 Å². The Hall–Kier alpha value is -2.95. The number of halogens is 3. The van der Waals surface area contributed by atoms with E-state index < -0.39 is 12.1 Å². The highest BCUT2D eigenvalue weighted by Gasteiger charge is 2.38. The molecule has 2 aromatic rings. The van der Waals surface area contributed by atoms with E-state index in [4.69, 9.17) is 14.4 Å². The van der Waals surface area contributed by atoms with E-state index in [0.717, 1.165) is 25.1 Å². The van der Waals surface area contributed by atoms with Crippen molar-refractivity contribution in [1.29, 1.82) is 0 Å². The SMILES string of the molecule is O=C(N[C@@H]1CCNC1)c1cc(-c2ccncc2)no1.O=C(O)C(F)(F)F. The first kappa shape index (κ1) is 19.4. The molecule has 2 aromatic heterocycles. The predicted molar refractivity (Wildman–Crippen MR) is 82.2 cm³/mol. The van der Waals surface area contributed by atoms with Crippen LogP contribution in [0.15, 0.2) is 35.1 Å². The number of aliphatic carboxylic acids is 1. The van der Waals surface area contributed by atoms with Crippen LogP contribution < -0.4 is 10.6 Å². The maximum absolute atomic E-state index is 12.0. The van der Waals surface area contributed by atoms with Crippen molar-refractivity contribution >= 4 is 11.9 Å². The first-order chi connectivity index (χ1) is 12.3. The fraction of sp³-hybridized carbons (Fsp3) is 0.333. The van der Waals surface area contributed by atoms with Gasteiger partial charge in [0.1, 0.15) is 5.69 Å². The van der Waals surface area contributed by atoms with Crippen molar-refractivity contribution in [3.05, 3.63) is 36.4 Å². The third-order valence-corrected chi connectivity index (χ3v) is 3.35. The molecule has 26 heavy (non-hydrogen) atoms. The normalized spacial score (nSPS) is 16.5. The topological polar surface area (TPSA) is 117 Å². The predicted octanol–water partition coefficient (Wildman–Crippen LogP) is 1.46. The summed E-state index contributed by atoms with van der Waals surface area (Å²) in [5.41, 5.74) is 1.51. The third-order valence-electron chi connectivity index (χ3n) is 3.35. The number of rotatable bonds is 3. The molecule has 0 unspecified atom stereocenters. The van der Waals surface area contributed by atoms with E-state index in [0.29, 0.717) is 5.69 Å². The fourth-order valence-corrected chi connectivity index (χ4v) is 2.08. The molecular formula is C15H15F3N4O4. The summed E-state index contributed by atoms with van der Waals surface area (Å²) < 4.78 is 36.8. The molecule has 8 nitrogen and oxygen atoms in total. The van der Waals surface area contributed by atoms with Crippen molar-refractivity contribution < 1.29 is 32.4 Å². The molecule has 0 radical (unpaired) electrons. The number of aromatic nitrogens is 2. The molecule has 3 heterocycles. The lowest BCUT2D eigenvalue weighted by Gasteiger charge is -2.08. The summed E-state index contributed by atoms with van der Waals surface area (Å²) in [5, 5.41) is 17.1. The number of alkyl halides is 3. The molecule has 1 aliphatic heterocycles. The van der Waals surface area contributed by atoms with Crippen LogP contribution in [-0.2, 0) is 4.79 Å². The molecule has 1 atom stereocenters. The summed E-state index contributed by atoms with van der Waals surface area (Å²) in [5.74, 6) is -2.74. The van der Waals surface area contributed by atoms with Crippen LogP contribution in [0.1, 0.15) is 17.0 Å². The summed E-state index contributed by atoms with van der Waals surface area (Å²) in [4.78, 5) is 24.8. The molecule has 11 heteroatoms. The molecule has 1 amide bonds. The second-order valence-corrected chi connectivity index (χ2v) is 5.28. The van der Waals surface area contributed by atoms with Gasteiger partial charge in [-0.3, -0.25) is 9.78 Å². The van der Waals surface area contributed by atoms with Crippen LogP contribution in [0.2, 0.25) is 0 Å². The van der Waals surface area contributed by atoms with Gasteiger partial charge in [-0.2, -0.15) is 13.2 Å². The van der Waals surface area contributed by atoms with Gasteiger partial charge < -0.3 is 20.3 Å². The van der Waals surface area contributed by atoms with Crippen LogP contribution in [0.5, 0.6) is 0 Å². The van der Waals surface area contributed by atoms with E-state index in [1.807, 2.05) is 12.1 Å². The molecule has 140 valence electrons. The Bertz CT molecular complexity index is 743. The van der Waals surface area contributed by atoms with Gasteiger partial charge in [-0.15, -0.1) is 0 Å². The standard InChI is InChI=1S/C13H14N4O2.C2HF3O2/c18-13(16-10-3-6-15-8-10)12-7-11(17-19-12)9-1-4-14-5-2-9;3-2(4,5)1(6)7/h1-2,4-5,7,10,15H,3,6,8H2,(H,16,18);(H,6,7)/t10-;/m1./s1. The number of carbonyl (C=O) groups excluding carboxylic acids is 1. The smallest absolute Gasteiger partial charge is 0.475 e. The lowest BCUT2D eigenvalue weighted by molar-refractivity contribution is -0.192. The van der Waals surface area contributed by atoms with Gasteiger partial charge in [0.15, 0.2) is 0 Å². The zero-order valence-corrected chi connectivity index (χ0v) is 13.3. The van der Waals surface area contributed by atoms with Crippen molar-refractivity contribution in [3.8, 4) is 11.3 Å². The molecule has 0 spiro atoms. The maximum atomic E-state index is 12.0. The van der Waals surface area contributed by atoms with Gasteiger partial charge in [-0.1, -0.05) is 5.16 Å². The molecule has 0 aliphatic carbocycles. The number of carboxylic acids is 1. The Morgan fingerprint density at radius 3 is 2.50 bits per heavy atom. The summed E-state index contributed by atoms with van der Waals surface area (Å²) >= 11 is 0. The largest absolute Gasteiger partial charge is 0.490 e. The number of nitrogens with one attached hydrogen (secondary N) is 2. The average Bonchev–Trinajstić information content (AvgIpc) is 3.27. The Morgan fingerprint density at radius 2 is 1.96 bits per heavy atom. The summed E-state index contributed by atoms with van der Waals surface area (Å²) in [6, 6.07) is 5.45. The molecule has 1 fully saturated rings. The van der Waals surface area contributed by atoms with Crippen LogP contribution >= 0.6 is 0 Å². The van der Waals surface area contributed by atoms with E-state index in [2.05, 4.69) is 20.8 Å². The molecule has 0 bridgehead atoms. The lowest BCUT2D eigenvalue weighted by Crippen LogP contribution is -2.35. The number of carboxylic acid groups (broad SMARTS) is 1. The number of hydrogen-bond acceptors (Lipinski definition) is 6. The van der Waals surface area contributed by atoms with E-state index in [1.54, 1.807) is 18.5 Å². The molecule has 1 aliphatic rings. The number of nitrogens with zero attached hydrogens (tertiary/aromatic N) is 2. The second-order valence-electron chi connectivity index (χ2n) is 5.28. The highest BCUT2D eigenvalue weighted by Crippen LogP contribution is 2.18.